The highest BCUT2D eigenvalue weighted by Crippen LogP contribution is 2.41. The van der Waals surface area contributed by atoms with Gasteiger partial charge in [0.15, 0.2) is 0 Å². The van der Waals surface area contributed by atoms with Gasteiger partial charge in [0.25, 0.3) is 5.91 Å². The highest BCUT2D eigenvalue weighted by atomic mass is 35.5. The Morgan fingerprint density at radius 2 is 2.03 bits per heavy atom. The number of hydrogen-bond donors (Lipinski definition) is 1. The minimum Gasteiger partial charge on any atom is -0.491 e. The van der Waals surface area contributed by atoms with Gasteiger partial charge in [0.1, 0.15) is 23.7 Å². The predicted octanol–water partition coefficient (Wildman–Crippen LogP) is 4.58. The largest absolute Gasteiger partial charge is 0.491 e. The van der Waals surface area contributed by atoms with E-state index in [1.807, 2.05) is 0 Å². The maximum Gasteiger partial charge on any atom is 0.416 e. The van der Waals surface area contributed by atoms with Crippen LogP contribution in [0.4, 0.5) is 19.0 Å². The Morgan fingerprint density at radius 1 is 1.27 bits per heavy atom. The van der Waals surface area contributed by atoms with Crippen molar-refractivity contribution in [1.82, 2.24) is 19.7 Å². The molecule has 0 saturated carbocycles. The number of rotatable bonds is 2. The number of amides is 1. The van der Waals surface area contributed by atoms with Gasteiger partial charge in [-0.1, -0.05) is 17.7 Å². The number of nitrogens with zero attached hydrogens (tertiary/aromatic N) is 4. The number of aromatic nitrogens is 3. The first-order chi connectivity index (χ1) is 15.6. The molecule has 1 aliphatic heterocycles. The lowest BCUT2D eigenvalue weighted by Gasteiger charge is -2.24. The number of carbonyl (C=O) groups excluding carboxylic acids is 1. The molecule has 1 atom stereocenters. The van der Waals surface area contributed by atoms with E-state index in [9.17, 15) is 18.0 Å². The molecule has 0 unspecified atom stereocenters. The van der Waals surface area contributed by atoms with E-state index < -0.39 is 23.7 Å². The zero-order chi connectivity index (χ0) is 23.7. The number of alkyl halides is 3. The van der Waals surface area contributed by atoms with Gasteiger partial charge in [0.05, 0.1) is 33.9 Å². The summed E-state index contributed by atoms with van der Waals surface area (Å²) in [6.45, 7) is 0.0367. The Labute approximate surface area is 190 Å². The van der Waals surface area contributed by atoms with Gasteiger partial charge in [-0.2, -0.15) is 18.3 Å². The number of fused-ring (bicyclic) bond motifs is 4. The number of nitrogens with two attached hydrogens (primary N) is 1. The van der Waals surface area contributed by atoms with Crippen LogP contribution in [-0.4, -0.2) is 39.2 Å². The molecule has 3 heterocycles. The van der Waals surface area contributed by atoms with E-state index in [4.69, 9.17) is 22.1 Å². The summed E-state index contributed by atoms with van der Waals surface area (Å²) in [7, 11) is 3.30. The van der Waals surface area contributed by atoms with Gasteiger partial charge in [0.2, 0.25) is 0 Å². The van der Waals surface area contributed by atoms with Crippen molar-refractivity contribution in [3.05, 3.63) is 58.2 Å². The molecule has 0 aliphatic carbocycles. The summed E-state index contributed by atoms with van der Waals surface area (Å²) >= 11 is 6.42. The molecule has 4 aromatic rings. The molecule has 170 valence electrons. The number of ether oxygens (including phenoxy) is 1. The Kier molecular flexibility index (Phi) is 4.68. The van der Waals surface area contributed by atoms with Crippen LogP contribution in [-0.2, 0) is 13.2 Å². The Balaban J connectivity index is 1.54. The van der Waals surface area contributed by atoms with E-state index in [-0.39, 0.29) is 22.9 Å². The number of anilines is 1. The molecule has 0 saturated heterocycles. The second-order valence-corrected chi connectivity index (χ2v) is 8.28. The topological polar surface area (TPSA) is 86.3 Å². The Morgan fingerprint density at radius 3 is 2.76 bits per heavy atom. The molecule has 2 aromatic carbocycles. The molecule has 33 heavy (non-hydrogen) atoms. The molecule has 0 fully saturated rings. The molecule has 5 rings (SSSR count). The normalized spacial score (nSPS) is 15.6. The van der Waals surface area contributed by atoms with Crippen LogP contribution in [0.25, 0.3) is 21.8 Å². The molecule has 2 N–H and O–H groups in total. The average molecular weight is 476 g/mol. The second-order valence-electron chi connectivity index (χ2n) is 7.87. The number of hydrogen-bond acceptors (Lipinski definition) is 5. The number of halogens is 4. The summed E-state index contributed by atoms with van der Waals surface area (Å²) in [5, 5.41) is 5.79. The summed E-state index contributed by atoms with van der Waals surface area (Å²) in [5.74, 6) is -0.00404. The van der Waals surface area contributed by atoms with Crippen molar-refractivity contribution in [2.24, 2.45) is 7.05 Å². The number of pyridine rings is 1. The van der Waals surface area contributed by atoms with Crippen LogP contribution in [0.3, 0.4) is 0 Å². The summed E-state index contributed by atoms with van der Waals surface area (Å²) < 4.78 is 46.1. The molecular weight excluding hydrogens is 459 g/mol. The third kappa shape index (κ3) is 3.32. The molecule has 1 aliphatic rings. The van der Waals surface area contributed by atoms with Gasteiger partial charge in [-0.25, -0.2) is 4.98 Å². The van der Waals surface area contributed by atoms with Gasteiger partial charge < -0.3 is 15.4 Å². The average Bonchev–Trinajstić information content (AvgIpc) is 3.35. The fraction of sp³-hybridized carbons (Fsp3) is 0.227. The molecule has 0 bridgehead atoms. The van der Waals surface area contributed by atoms with Crippen LogP contribution >= 0.6 is 11.6 Å². The highest BCUT2D eigenvalue weighted by Gasteiger charge is 2.36. The van der Waals surface area contributed by atoms with Crippen molar-refractivity contribution >= 4 is 45.1 Å². The van der Waals surface area contributed by atoms with Crippen LogP contribution in [0, 0.1) is 0 Å². The van der Waals surface area contributed by atoms with E-state index in [1.165, 1.54) is 11.0 Å². The van der Waals surface area contributed by atoms with Crippen molar-refractivity contribution in [2.75, 3.05) is 19.4 Å². The molecule has 0 radical (unpaired) electrons. The summed E-state index contributed by atoms with van der Waals surface area (Å²) in [6.07, 6.45) is -2.84. The zero-order valence-electron chi connectivity index (χ0n) is 17.4. The lowest BCUT2D eigenvalue weighted by molar-refractivity contribution is -0.137. The first-order valence-corrected chi connectivity index (χ1v) is 10.3. The molecule has 2 aromatic heterocycles. The highest BCUT2D eigenvalue weighted by molar-refractivity contribution is 6.35. The number of nitrogen functional groups attached to an aromatic ring is 1. The lowest BCUT2D eigenvalue weighted by Crippen LogP contribution is -2.32. The predicted molar refractivity (Wildman–Crippen MR) is 117 cm³/mol. The fourth-order valence-corrected chi connectivity index (χ4v) is 4.42. The van der Waals surface area contributed by atoms with Crippen LogP contribution in [0.2, 0.25) is 5.02 Å². The monoisotopic (exact) mass is 475 g/mol. The van der Waals surface area contributed by atoms with E-state index in [0.717, 1.165) is 17.5 Å². The van der Waals surface area contributed by atoms with Gasteiger partial charge in [-0.3, -0.25) is 9.48 Å². The second kappa shape index (κ2) is 7.24. The number of likely N-dealkylation sites (N-methyl/N-ethyl adjacent to an activating group) is 1. The van der Waals surface area contributed by atoms with Crippen molar-refractivity contribution in [3.8, 4) is 5.75 Å². The minimum atomic E-state index is -4.48. The Hall–Kier alpha value is -3.53. The first kappa shape index (κ1) is 21.3. The van der Waals surface area contributed by atoms with Crippen molar-refractivity contribution in [3.63, 3.8) is 0 Å². The molecule has 0 spiro atoms. The standard InChI is InChI=1S/C22H17ClF3N5O2/c1-30(17-9-33-18-5-10(22(24,25)26)3-4-11(17)18)21(32)13-6-12-14-8-28-31(2)19(14)20(27)29-16(12)7-15(13)23/h3-8,17H,9H2,1-2H3,(H2,27,29)/t17-/m1/s1. The van der Waals surface area contributed by atoms with Gasteiger partial charge in [0, 0.05) is 30.4 Å². The molecule has 7 nitrogen and oxygen atoms in total. The van der Waals surface area contributed by atoms with Gasteiger partial charge >= 0.3 is 6.18 Å². The first-order valence-electron chi connectivity index (χ1n) is 9.88. The zero-order valence-corrected chi connectivity index (χ0v) is 18.2. The lowest BCUT2D eigenvalue weighted by atomic mass is 10.0. The van der Waals surface area contributed by atoms with E-state index in [0.29, 0.717) is 27.8 Å². The fourth-order valence-electron chi connectivity index (χ4n) is 4.18. The third-order valence-electron chi connectivity index (χ3n) is 5.91. The number of aryl methyl sites for hydroxylation is 1. The van der Waals surface area contributed by atoms with Gasteiger partial charge in [-0.05, 0) is 24.3 Å². The summed E-state index contributed by atoms with van der Waals surface area (Å²) in [4.78, 5) is 19.2. The van der Waals surface area contributed by atoms with Crippen LogP contribution < -0.4 is 10.5 Å². The number of carbonyl (C=O) groups is 1. The van der Waals surface area contributed by atoms with Crippen LogP contribution in [0.5, 0.6) is 5.75 Å². The maximum absolute atomic E-state index is 13.4. The molecular formula is C22H17ClF3N5O2. The van der Waals surface area contributed by atoms with Crippen molar-refractivity contribution < 1.29 is 22.7 Å². The van der Waals surface area contributed by atoms with E-state index in [1.54, 1.807) is 37.1 Å². The van der Waals surface area contributed by atoms with Gasteiger partial charge in [-0.15, -0.1) is 0 Å². The Bertz CT molecular complexity index is 1450. The molecule has 11 heteroatoms. The maximum atomic E-state index is 13.4. The van der Waals surface area contributed by atoms with Crippen LogP contribution in [0.1, 0.15) is 27.5 Å². The summed E-state index contributed by atoms with van der Waals surface area (Å²) in [5.41, 5.74) is 7.13. The molecule has 1 amide bonds. The van der Waals surface area contributed by atoms with Crippen molar-refractivity contribution in [2.45, 2.75) is 12.2 Å². The SMILES string of the molecule is CN(C(=O)c1cc2c(cc1Cl)nc(N)c1c2cnn1C)[C@@H]1COc2cc(C(F)(F)F)ccc21. The quantitative estimate of drug-likeness (QED) is 0.458. The summed E-state index contributed by atoms with van der Waals surface area (Å²) in [6, 6.07) is 5.91. The smallest absolute Gasteiger partial charge is 0.416 e. The number of benzene rings is 2. The van der Waals surface area contributed by atoms with E-state index >= 15 is 0 Å². The van der Waals surface area contributed by atoms with Crippen LogP contribution in [0.15, 0.2) is 36.5 Å². The third-order valence-corrected chi connectivity index (χ3v) is 6.23. The minimum absolute atomic E-state index is 0.0367. The van der Waals surface area contributed by atoms with E-state index in [2.05, 4.69) is 10.1 Å². The van der Waals surface area contributed by atoms with Crippen molar-refractivity contribution in [1.29, 1.82) is 0 Å².